The van der Waals surface area contributed by atoms with Crippen LogP contribution in [0.1, 0.15) is 25.3 Å². The molecule has 0 fully saturated rings. The number of hydrogen-bond donors (Lipinski definition) is 0. The maximum atomic E-state index is 13.1. The van der Waals surface area contributed by atoms with Gasteiger partial charge in [0.05, 0.1) is 13.2 Å². The summed E-state index contributed by atoms with van der Waals surface area (Å²) >= 11 is 0. The molecule has 1 aliphatic rings. The van der Waals surface area contributed by atoms with Crippen molar-refractivity contribution in [1.82, 2.24) is 4.90 Å². The Morgan fingerprint density at radius 1 is 1.48 bits per heavy atom. The highest BCUT2D eigenvalue weighted by atomic mass is 19.4. The monoisotopic (exact) mass is 333 g/mol. The maximum absolute atomic E-state index is 13.1. The van der Waals surface area contributed by atoms with E-state index in [1.54, 1.807) is 6.92 Å². The molecule has 0 bridgehead atoms. The van der Waals surface area contributed by atoms with Crippen molar-refractivity contribution in [3.8, 4) is 0 Å². The highest BCUT2D eigenvalue weighted by Crippen LogP contribution is 2.38. The fraction of sp³-hybridized carbons (Fsp3) is 0.462. The summed E-state index contributed by atoms with van der Waals surface area (Å²) in [7, 11) is 1.13. The average Bonchev–Trinajstić information content (AvgIpc) is 2.96. The topological polar surface area (TPSA) is 81.1 Å². The summed E-state index contributed by atoms with van der Waals surface area (Å²) in [4.78, 5) is 15.1. The van der Waals surface area contributed by atoms with E-state index in [0.717, 1.165) is 13.2 Å². The molecular weight excluding hydrogens is 319 g/mol. The molecular formula is C13H14F3N3O4. The van der Waals surface area contributed by atoms with Crippen LogP contribution in [0.3, 0.4) is 0 Å². The van der Waals surface area contributed by atoms with E-state index in [4.69, 9.17) is 9.15 Å². The molecule has 0 aliphatic carbocycles. The minimum Gasteiger partial charge on any atom is -0.482 e. The molecule has 0 amide bonds. The minimum absolute atomic E-state index is 0.0668. The molecule has 1 aromatic rings. The molecule has 0 aromatic carbocycles. The van der Waals surface area contributed by atoms with Crippen molar-refractivity contribution in [3.63, 3.8) is 0 Å². The van der Waals surface area contributed by atoms with Crippen LogP contribution in [-0.2, 0) is 4.74 Å². The maximum Gasteiger partial charge on any atom is 0.433 e. The summed E-state index contributed by atoms with van der Waals surface area (Å²) in [6.07, 6.45) is -4.40. The molecule has 1 aromatic heterocycles. The van der Waals surface area contributed by atoms with E-state index in [0.29, 0.717) is 12.6 Å². The van der Waals surface area contributed by atoms with Gasteiger partial charge >= 0.3 is 12.1 Å². The van der Waals surface area contributed by atoms with Crippen molar-refractivity contribution in [1.29, 1.82) is 0 Å². The number of halogens is 3. The number of nitrogens with zero attached hydrogens (tertiary/aromatic N) is 3. The quantitative estimate of drug-likeness (QED) is 0.609. The number of alkyl halides is 3. The number of rotatable bonds is 5. The molecule has 0 saturated heterocycles. The van der Waals surface area contributed by atoms with E-state index in [1.807, 2.05) is 0 Å². The van der Waals surface area contributed by atoms with Crippen LogP contribution in [-0.4, -0.2) is 35.9 Å². The van der Waals surface area contributed by atoms with E-state index in [1.165, 1.54) is 11.0 Å². The van der Waals surface area contributed by atoms with Gasteiger partial charge in [0.25, 0.3) is 0 Å². The van der Waals surface area contributed by atoms with E-state index in [2.05, 4.69) is 4.99 Å². The zero-order valence-corrected chi connectivity index (χ0v) is 12.3. The number of methoxy groups -OCH3 is 1. The van der Waals surface area contributed by atoms with Gasteiger partial charge in [-0.3, -0.25) is 15.1 Å². The summed E-state index contributed by atoms with van der Waals surface area (Å²) in [5.41, 5.74) is -1.01. The average molecular weight is 333 g/mol. The van der Waals surface area contributed by atoms with Crippen molar-refractivity contribution in [2.24, 2.45) is 4.99 Å². The van der Waals surface area contributed by atoms with Gasteiger partial charge in [-0.25, -0.2) is 0 Å². The first kappa shape index (κ1) is 16.8. The Balaban J connectivity index is 2.44. The third-order valence-electron chi connectivity index (χ3n) is 3.14. The van der Waals surface area contributed by atoms with Crippen molar-refractivity contribution in [2.75, 3.05) is 13.7 Å². The standard InChI is InChI=1S/C13H14F3N3O4/c1-3-6-18-11(9-4-5-10(23-9)19(20)21)17-7-8(12(18)22-2)13(14,15)16/h4-5,7,11H,3,6H2,1-2H3. The first-order chi connectivity index (χ1) is 10.8. The van der Waals surface area contributed by atoms with Crippen LogP contribution in [0.2, 0.25) is 0 Å². The number of aliphatic imine (C=N–C) groups is 1. The fourth-order valence-corrected chi connectivity index (χ4v) is 2.24. The Bertz CT molecular complexity index is 651. The van der Waals surface area contributed by atoms with Crippen molar-refractivity contribution >= 4 is 12.1 Å². The molecule has 7 nitrogen and oxygen atoms in total. The van der Waals surface area contributed by atoms with Crippen LogP contribution in [0.4, 0.5) is 19.1 Å². The second-order valence-corrected chi connectivity index (χ2v) is 4.70. The Kier molecular flexibility index (Phi) is 4.62. The highest BCUT2D eigenvalue weighted by molar-refractivity contribution is 5.82. The lowest BCUT2D eigenvalue weighted by atomic mass is 10.2. The van der Waals surface area contributed by atoms with Crippen LogP contribution < -0.4 is 0 Å². The van der Waals surface area contributed by atoms with Crippen molar-refractivity contribution < 1.29 is 27.2 Å². The van der Waals surface area contributed by atoms with Crippen LogP contribution in [0.15, 0.2) is 33.0 Å². The largest absolute Gasteiger partial charge is 0.482 e. The second kappa shape index (κ2) is 6.31. The van der Waals surface area contributed by atoms with Gasteiger partial charge in [0.15, 0.2) is 11.9 Å². The number of nitro groups is 1. The smallest absolute Gasteiger partial charge is 0.433 e. The van der Waals surface area contributed by atoms with Crippen LogP contribution >= 0.6 is 0 Å². The van der Waals surface area contributed by atoms with E-state index in [9.17, 15) is 23.3 Å². The predicted molar refractivity (Wildman–Crippen MR) is 73.7 cm³/mol. The van der Waals surface area contributed by atoms with Crippen molar-refractivity contribution in [2.45, 2.75) is 25.7 Å². The molecule has 10 heteroatoms. The molecule has 0 spiro atoms. The highest BCUT2D eigenvalue weighted by Gasteiger charge is 2.42. The Labute approximate surface area is 129 Å². The molecule has 1 unspecified atom stereocenters. The summed E-state index contributed by atoms with van der Waals surface area (Å²) in [5.74, 6) is -0.827. The molecule has 126 valence electrons. The molecule has 2 rings (SSSR count). The zero-order valence-electron chi connectivity index (χ0n) is 12.3. The van der Waals surface area contributed by atoms with Gasteiger partial charge in [0, 0.05) is 12.8 Å². The van der Waals surface area contributed by atoms with E-state index < -0.39 is 34.6 Å². The molecule has 1 aliphatic heterocycles. The molecule has 0 N–H and O–H groups in total. The van der Waals surface area contributed by atoms with Gasteiger partial charge in [-0.05, 0) is 12.5 Å². The van der Waals surface area contributed by atoms with E-state index >= 15 is 0 Å². The molecule has 0 saturated carbocycles. The van der Waals surface area contributed by atoms with Crippen LogP contribution in [0.25, 0.3) is 0 Å². The van der Waals surface area contributed by atoms with Gasteiger partial charge in [-0.1, -0.05) is 6.92 Å². The van der Waals surface area contributed by atoms with Crippen LogP contribution in [0, 0.1) is 10.1 Å². The van der Waals surface area contributed by atoms with Crippen molar-refractivity contribution in [3.05, 3.63) is 39.5 Å². The van der Waals surface area contributed by atoms with Gasteiger partial charge in [-0.15, -0.1) is 0 Å². The minimum atomic E-state index is -4.62. The van der Waals surface area contributed by atoms with E-state index in [-0.39, 0.29) is 12.3 Å². The molecule has 2 heterocycles. The van der Waals surface area contributed by atoms with Gasteiger partial charge in [0.2, 0.25) is 5.88 Å². The number of hydrogen-bond acceptors (Lipinski definition) is 6. The normalized spacial score (nSPS) is 18.5. The lowest BCUT2D eigenvalue weighted by Gasteiger charge is -2.34. The summed E-state index contributed by atoms with van der Waals surface area (Å²) < 4.78 is 49.2. The van der Waals surface area contributed by atoms with Crippen LogP contribution in [0.5, 0.6) is 0 Å². The molecule has 0 radical (unpaired) electrons. The zero-order chi connectivity index (χ0) is 17.2. The first-order valence-corrected chi connectivity index (χ1v) is 6.69. The lowest BCUT2D eigenvalue weighted by molar-refractivity contribution is -0.402. The Hall–Kier alpha value is -2.52. The fourth-order valence-electron chi connectivity index (χ4n) is 2.24. The third kappa shape index (κ3) is 3.30. The molecule has 1 atom stereocenters. The Morgan fingerprint density at radius 3 is 2.65 bits per heavy atom. The predicted octanol–water partition coefficient (Wildman–Crippen LogP) is 3.40. The lowest BCUT2D eigenvalue weighted by Crippen LogP contribution is -2.35. The summed E-state index contributed by atoms with van der Waals surface area (Å²) in [5, 5.41) is 10.7. The summed E-state index contributed by atoms with van der Waals surface area (Å²) in [6.45, 7) is 1.99. The van der Waals surface area contributed by atoms with Gasteiger partial charge in [0.1, 0.15) is 10.5 Å². The summed E-state index contributed by atoms with van der Waals surface area (Å²) in [6, 6.07) is 2.44. The number of furan rings is 1. The first-order valence-electron chi connectivity index (χ1n) is 6.69. The molecule has 23 heavy (non-hydrogen) atoms. The number of ether oxygens (including phenoxy) is 1. The van der Waals surface area contributed by atoms with Gasteiger partial charge in [-0.2, -0.15) is 13.2 Å². The SMILES string of the molecule is CCCN1C(OC)=C(C(F)(F)F)C=NC1c1ccc([N+](=O)[O-])o1. The Morgan fingerprint density at radius 2 is 2.17 bits per heavy atom. The second-order valence-electron chi connectivity index (χ2n) is 4.70. The van der Waals surface area contributed by atoms with Gasteiger partial charge < -0.3 is 14.1 Å². The number of allylic oxidation sites excluding steroid dienone is 1. The third-order valence-corrected chi connectivity index (χ3v) is 3.14.